The van der Waals surface area contributed by atoms with Crippen LogP contribution < -0.4 is 5.73 Å². The Morgan fingerprint density at radius 1 is 1.53 bits per heavy atom. The van der Waals surface area contributed by atoms with Gasteiger partial charge in [-0.2, -0.15) is 4.98 Å². The van der Waals surface area contributed by atoms with Gasteiger partial charge in [-0.3, -0.25) is 0 Å². The molecular formula is C14H20N4O. The molecule has 0 radical (unpaired) electrons. The van der Waals surface area contributed by atoms with E-state index >= 15 is 0 Å². The zero-order valence-electron chi connectivity index (χ0n) is 11.2. The number of hydrogen-bond donors (Lipinski definition) is 1. The van der Waals surface area contributed by atoms with Crippen molar-refractivity contribution >= 4 is 0 Å². The first-order valence-corrected chi connectivity index (χ1v) is 7.00. The first-order chi connectivity index (χ1) is 9.26. The number of hydrogen-bond acceptors (Lipinski definition) is 4. The fourth-order valence-electron chi connectivity index (χ4n) is 2.25. The molecular weight excluding hydrogens is 240 g/mol. The minimum Gasteiger partial charge on any atom is -0.345 e. The SMILES string of the molecule is CCCC(N)c1ccn(Cc2nc(C3CC3)no2)c1. The highest BCUT2D eigenvalue weighted by Gasteiger charge is 2.28. The summed E-state index contributed by atoms with van der Waals surface area (Å²) in [7, 11) is 0. The molecule has 1 aliphatic rings. The Hall–Kier alpha value is -1.62. The highest BCUT2D eigenvalue weighted by atomic mass is 16.5. The van der Waals surface area contributed by atoms with E-state index in [0.717, 1.165) is 18.7 Å². The van der Waals surface area contributed by atoms with Gasteiger partial charge in [0.15, 0.2) is 5.82 Å². The summed E-state index contributed by atoms with van der Waals surface area (Å²) in [6.07, 6.45) is 8.58. The van der Waals surface area contributed by atoms with Crippen LogP contribution >= 0.6 is 0 Å². The largest absolute Gasteiger partial charge is 0.345 e. The molecule has 2 heterocycles. The molecule has 0 saturated heterocycles. The molecule has 1 aliphatic carbocycles. The van der Waals surface area contributed by atoms with Gasteiger partial charge in [0.25, 0.3) is 0 Å². The van der Waals surface area contributed by atoms with Gasteiger partial charge in [-0.25, -0.2) is 0 Å². The molecule has 19 heavy (non-hydrogen) atoms. The van der Waals surface area contributed by atoms with Crippen molar-refractivity contribution in [2.24, 2.45) is 5.73 Å². The summed E-state index contributed by atoms with van der Waals surface area (Å²) in [5, 5.41) is 4.02. The van der Waals surface area contributed by atoms with Gasteiger partial charge in [-0.1, -0.05) is 18.5 Å². The van der Waals surface area contributed by atoms with E-state index < -0.39 is 0 Å². The third-order valence-corrected chi connectivity index (χ3v) is 3.55. The van der Waals surface area contributed by atoms with Crippen molar-refractivity contribution in [2.75, 3.05) is 0 Å². The van der Waals surface area contributed by atoms with Crippen molar-refractivity contribution in [1.29, 1.82) is 0 Å². The lowest BCUT2D eigenvalue weighted by atomic mass is 10.1. The van der Waals surface area contributed by atoms with Crippen LogP contribution in [0.1, 0.15) is 61.8 Å². The molecule has 0 bridgehead atoms. The monoisotopic (exact) mass is 260 g/mol. The molecule has 0 aliphatic heterocycles. The van der Waals surface area contributed by atoms with Crippen LogP contribution in [0.4, 0.5) is 0 Å². The van der Waals surface area contributed by atoms with Crippen molar-refractivity contribution in [3.63, 3.8) is 0 Å². The smallest absolute Gasteiger partial charge is 0.246 e. The number of nitrogens with two attached hydrogens (primary N) is 1. The van der Waals surface area contributed by atoms with Crippen LogP contribution in [0.25, 0.3) is 0 Å². The molecule has 102 valence electrons. The second-order valence-electron chi connectivity index (χ2n) is 5.33. The van der Waals surface area contributed by atoms with Crippen LogP contribution in [0.3, 0.4) is 0 Å². The molecule has 5 heteroatoms. The Morgan fingerprint density at radius 3 is 3.11 bits per heavy atom. The number of rotatable bonds is 6. The molecule has 0 amide bonds. The third-order valence-electron chi connectivity index (χ3n) is 3.55. The van der Waals surface area contributed by atoms with Crippen molar-refractivity contribution < 1.29 is 4.52 Å². The van der Waals surface area contributed by atoms with E-state index in [0.29, 0.717) is 18.4 Å². The summed E-state index contributed by atoms with van der Waals surface area (Å²) in [4.78, 5) is 4.43. The van der Waals surface area contributed by atoms with Crippen LogP contribution in [0.5, 0.6) is 0 Å². The van der Waals surface area contributed by atoms with Gasteiger partial charge in [0.2, 0.25) is 5.89 Å². The fraction of sp³-hybridized carbons (Fsp3) is 0.571. The molecule has 1 atom stereocenters. The molecule has 2 aromatic rings. The Kier molecular flexibility index (Phi) is 3.38. The summed E-state index contributed by atoms with van der Waals surface area (Å²) in [5.74, 6) is 2.08. The Balaban J connectivity index is 1.65. The van der Waals surface area contributed by atoms with E-state index in [1.165, 1.54) is 18.4 Å². The van der Waals surface area contributed by atoms with Gasteiger partial charge < -0.3 is 14.8 Å². The van der Waals surface area contributed by atoms with Crippen LogP contribution in [0.15, 0.2) is 23.0 Å². The van der Waals surface area contributed by atoms with Crippen molar-refractivity contribution in [3.05, 3.63) is 35.7 Å². The van der Waals surface area contributed by atoms with Crippen LogP contribution in [-0.2, 0) is 6.54 Å². The number of aromatic nitrogens is 3. The van der Waals surface area contributed by atoms with Crippen molar-refractivity contribution in [1.82, 2.24) is 14.7 Å². The quantitative estimate of drug-likeness (QED) is 0.866. The minimum atomic E-state index is 0.121. The van der Waals surface area contributed by atoms with Crippen LogP contribution in [0.2, 0.25) is 0 Å². The highest BCUT2D eigenvalue weighted by Crippen LogP contribution is 2.38. The Morgan fingerprint density at radius 2 is 2.37 bits per heavy atom. The molecule has 1 unspecified atom stereocenters. The van der Waals surface area contributed by atoms with E-state index in [9.17, 15) is 0 Å². The van der Waals surface area contributed by atoms with Crippen LogP contribution in [-0.4, -0.2) is 14.7 Å². The molecule has 0 aromatic carbocycles. The van der Waals surface area contributed by atoms with Gasteiger partial charge >= 0.3 is 0 Å². The van der Waals surface area contributed by atoms with E-state index in [4.69, 9.17) is 10.3 Å². The topological polar surface area (TPSA) is 69.9 Å². The normalized spacial score (nSPS) is 16.7. The lowest BCUT2D eigenvalue weighted by Gasteiger charge is -2.07. The van der Waals surface area contributed by atoms with Crippen molar-refractivity contribution in [3.8, 4) is 0 Å². The number of nitrogens with zero attached hydrogens (tertiary/aromatic N) is 3. The first kappa shape index (κ1) is 12.4. The fourth-order valence-corrected chi connectivity index (χ4v) is 2.25. The minimum absolute atomic E-state index is 0.121. The zero-order valence-corrected chi connectivity index (χ0v) is 11.2. The van der Waals surface area contributed by atoms with E-state index in [2.05, 4.69) is 33.9 Å². The highest BCUT2D eigenvalue weighted by molar-refractivity contribution is 5.15. The first-order valence-electron chi connectivity index (χ1n) is 7.00. The maximum atomic E-state index is 6.10. The standard InChI is InChI=1S/C14H20N4O/c1-2-3-12(15)11-6-7-18(8-11)9-13-16-14(17-19-13)10-4-5-10/h6-8,10,12H,2-5,9,15H2,1H3. The van der Waals surface area contributed by atoms with Gasteiger partial charge in [0.05, 0.1) is 0 Å². The maximum Gasteiger partial charge on any atom is 0.246 e. The third kappa shape index (κ3) is 2.87. The molecule has 0 spiro atoms. The van der Waals surface area contributed by atoms with E-state index in [1.54, 1.807) is 0 Å². The van der Waals surface area contributed by atoms with Crippen LogP contribution in [0, 0.1) is 0 Å². The molecule has 2 aromatic heterocycles. The molecule has 2 N–H and O–H groups in total. The maximum absolute atomic E-state index is 6.10. The molecule has 1 fully saturated rings. The second kappa shape index (κ2) is 5.17. The predicted molar refractivity (Wildman–Crippen MR) is 71.6 cm³/mol. The average Bonchev–Trinajstić information content (AvgIpc) is 2.97. The zero-order chi connectivity index (χ0) is 13.2. The molecule has 5 nitrogen and oxygen atoms in total. The summed E-state index contributed by atoms with van der Waals surface area (Å²) < 4.78 is 7.32. The van der Waals surface area contributed by atoms with E-state index in [1.807, 2.05) is 6.20 Å². The second-order valence-corrected chi connectivity index (χ2v) is 5.33. The Bertz CT molecular complexity index is 541. The van der Waals surface area contributed by atoms with Gasteiger partial charge in [-0.15, -0.1) is 0 Å². The predicted octanol–water partition coefficient (Wildman–Crippen LogP) is 2.60. The molecule has 3 rings (SSSR count). The Labute approximate surface area is 112 Å². The lowest BCUT2D eigenvalue weighted by Crippen LogP contribution is -2.08. The van der Waals surface area contributed by atoms with Gasteiger partial charge in [0, 0.05) is 24.4 Å². The van der Waals surface area contributed by atoms with Gasteiger partial charge in [-0.05, 0) is 30.9 Å². The van der Waals surface area contributed by atoms with Gasteiger partial charge in [0.1, 0.15) is 6.54 Å². The summed E-state index contributed by atoms with van der Waals surface area (Å²) >= 11 is 0. The molecule has 1 saturated carbocycles. The summed E-state index contributed by atoms with van der Waals surface area (Å²) in [6, 6.07) is 2.19. The van der Waals surface area contributed by atoms with E-state index in [-0.39, 0.29) is 6.04 Å². The summed E-state index contributed by atoms with van der Waals surface area (Å²) in [6.45, 7) is 2.77. The average molecular weight is 260 g/mol. The lowest BCUT2D eigenvalue weighted by molar-refractivity contribution is 0.366. The summed E-state index contributed by atoms with van der Waals surface area (Å²) in [5.41, 5.74) is 7.27. The van der Waals surface area contributed by atoms with Crippen molar-refractivity contribution in [2.45, 2.75) is 51.1 Å².